The fraction of sp³-hybridized carbons (Fsp3) is 0.100. The minimum atomic E-state index is 0.0318. The van der Waals surface area contributed by atoms with E-state index in [-0.39, 0.29) is 6.61 Å². The number of pyridine rings is 1. The second kappa shape index (κ2) is 4.09. The molecule has 0 fully saturated rings. The Hall–Kier alpha value is -0.900. The van der Waals surface area contributed by atoms with Gasteiger partial charge in [0, 0.05) is 16.6 Å². The van der Waals surface area contributed by atoms with Gasteiger partial charge in [-0.25, -0.2) is 4.98 Å². The van der Waals surface area contributed by atoms with Gasteiger partial charge in [-0.3, -0.25) is 0 Å². The third-order valence-electron chi connectivity index (χ3n) is 1.92. The topological polar surface area (TPSA) is 33.1 Å². The van der Waals surface area contributed by atoms with E-state index in [0.717, 1.165) is 16.0 Å². The first-order valence-electron chi connectivity index (χ1n) is 4.11. The van der Waals surface area contributed by atoms with Crippen molar-refractivity contribution in [2.45, 2.75) is 6.61 Å². The number of aliphatic hydroxyl groups excluding tert-OH is 1. The molecule has 0 radical (unpaired) electrons. The summed E-state index contributed by atoms with van der Waals surface area (Å²) in [4.78, 5) is 4.99. The summed E-state index contributed by atoms with van der Waals surface area (Å²) in [7, 11) is 0. The molecule has 4 heteroatoms. The van der Waals surface area contributed by atoms with E-state index in [9.17, 15) is 0 Å². The van der Waals surface area contributed by atoms with Crippen molar-refractivity contribution in [3.8, 4) is 10.4 Å². The van der Waals surface area contributed by atoms with Gasteiger partial charge in [0.2, 0.25) is 0 Å². The Kier molecular flexibility index (Phi) is 2.82. The average Bonchev–Trinajstić information content (AvgIpc) is 2.66. The number of rotatable bonds is 2. The molecule has 2 rings (SSSR count). The van der Waals surface area contributed by atoms with Gasteiger partial charge in [-0.05, 0) is 29.1 Å². The fourth-order valence-electron chi connectivity index (χ4n) is 1.25. The highest BCUT2D eigenvalue weighted by atomic mass is 35.5. The first kappa shape index (κ1) is 9.65. The number of aliphatic hydroxyl groups is 1. The highest BCUT2D eigenvalue weighted by Crippen LogP contribution is 2.33. The lowest BCUT2D eigenvalue weighted by Crippen LogP contribution is -1.85. The Bertz CT molecular complexity index is 441. The molecule has 0 atom stereocenters. The Balaban J connectivity index is 2.54. The first-order valence-corrected chi connectivity index (χ1v) is 5.37. The minimum absolute atomic E-state index is 0.0318. The van der Waals surface area contributed by atoms with E-state index >= 15 is 0 Å². The second-order valence-electron chi connectivity index (χ2n) is 2.77. The lowest BCUT2D eigenvalue weighted by molar-refractivity contribution is 0.283. The third kappa shape index (κ3) is 1.66. The van der Waals surface area contributed by atoms with Crippen LogP contribution in [0.4, 0.5) is 0 Å². The van der Waals surface area contributed by atoms with Crippen LogP contribution in [0.3, 0.4) is 0 Å². The number of halogens is 1. The van der Waals surface area contributed by atoms with Crippen LogP contribution in [0.5, 0.6) is 0 Å². The summed E-state index contributed by atoms with van der Waals surface area (Å²) in [5.41, 5.74) is 1.78. The van der Waals surface area contributed by atoms with Crippen LogP contribution in [0.25, 0.3) is 10.4 Å². The predicted molar refractivity (Wildman–Crippen MR) is 58.5 cm³/mol. The molecule has 0 spiro atoms. The van der Waals surface area contributed by atoms with Crippen molar-refractivity contribution in [2.24, 2.45) is 0 Å². The van der Waals surface area contributed by atoms with Crippen molar-refractivity contribution in [3.05, 3.63) is 40.5 Å². The number of aromatic nitrogens is 1. The van der Waals surface area contributed by atoms with Gasteiger partial charge in [0.05, 0.1) is 6.61 Å². The smallest absolute Gasteiger partial charge is 0.137 e. The first-order chi connectivity index (χ1) is 6.83. The Labute approximate surface area is 90.8 Å². The number of hydrogen-bond acceptors (Lipinski definition) is 3. The fourth-order valence-corrected chi connectivity index (χ4v) is 2.47. The van der Waals surface area contributed by atoms with E-state index in [1.807, 2.05) is 23.6 Å². The summed E-state index contributed by atoms with van der Waals surface area (Å²) in [5, 5.41) is 11.5. The van der Waals surface area contributed by atoms with Crippen molar-refractivity contribution in [3.63, 3.8) is 0 Å². The molecule has 14 heavy (non-hydrogen) atoms. The summed E-state index contributed by atoms with van der Waals surface area (Å²) in [5.74, 6) is 0. The zero-order chi connectivity index (χ0) is 9.97. The van der Waals surface area contributed by atoms with Crippen LogP contribution in [0, 0.1) is 0 Å². The van der Waals surface area contributed by atoms with Gasteiger partial charge < -0.3 is 5.11 Å². The lowest BCUT2D eigenvalue weighted by atomic mass is 10.1. The van der Waals surface area contributed by atoms with E-state index in [1.165, 1.54) is 0 Å². The number of nitrogens with zero attached hydrogens (tertiary/aromatic N) is 1. The van der Waals surface area contributed by atoms with E-state index in [4.69, 9.17) is 16.7 Å². The van der Waals surface area contributed by atoms with Gasteiger partial charge in [0.25, 0.3) is 0 Å². The monoisotopic (exact) mass is 225 g/mol. The van der Waals surface area contributed by atoms with Crippen LogP contribution in [0.2, 0.25) is 5.15 Å². The molecule has 72 valence electrons. The molecule has 2 heterocycles. The SMILES string of the molecule is OCc1ccsc1-c1cccnc1Cl. The number of thiophene rings is 1. The molecule has 0 aliphatic heterocycles. The van der Waals surface area contributed by atoms with Gasteiger partial charge in [-0.15, -0.1) is 11.3 Å². The molecule has 0 aliphatic carbocycles. The zero-order valence-electron chi connectivity index (χ0n) is 7.27. The summed E-state index contributed by atoms with van der Waals surface area (Å²) in [6.07, 6.45) is 1.65. The van der Waals surface area contributed by atoms with E-state index in [0.29, 0.717) is 5.15 Å². The van der Waals surface area contributed by atoms with E-state index in [2.05, 4.69) is 4.98 Å². The van der Waals surface area contributed by atoms with Crippen LogP contribution in [-0.2, 0) is 6.61 Å². The van der Waals surface area contributed by atoms with Crippen molar-refractivity contribution in [1.29, 1.82) is 0 Å². The second-order valence-corrected chi connectivity index (χ2v) is 4.05. The normalized spacial score (nSPS) is 10.4. The summed E-state index contributed by atoms with van der Waals surface area (Å²) < 4.78 is 0. The average molecular weight is 226 g/mol. The highest BCUT2D eigenvalue weighted by molar-refractivity contribution is 7.13. The van der Waals surface area contributed by atoms with Crippen molar-refractivity contribution in [2.75, 3.05) is 0 Å². The largest absolute Gasteiger partial charge is 0.392 e. The summed E-state index contributed by atoms with van der Waals surface area (Å²) in [6, 6.07) is 5.63. The van der Waals surface area contributed by atoms with Gasteiger partial charge >= 0.3 is 0 Å². The minimum Gasteiger partial charge on any atom is -0.392 e. The lowest BCUT2D eigenvalue weighted by Gasteiger charge is -2.02. The maximum absolute atomic E-state index is 9.10. The Morgan fingerprint density at radius 2 is 2.29 bits per heavy atom. The predicted octanol–water partition coefficient (Wildman–Crippen LogP) is 2.96. The zero-order valence-corrected chi connectivity index (χ0v) is 8.85. The molecule has 0 bridgehead atoms. The standard InChI is InChI=1S/C10H8ClNOS/c11-10-8(2-1-4-12-10)9-7(6-13)3-5-14-9/h1-5,13H,6H2. The van der Waals surface area contributed by atoms with Crippen LogP contribution in [0.1, 0.15) is 5.56 Å². The molecule has 2 aromatic heterocycles. The molecule has 2 aromatic rings. The molecule has 0 unspecified atom stereocenters. The highest BCUT2D eigenvalue weighted by Gasteiger charge is 2.09. The maximum atomic E-state index is 9.10. The van der Waals surface area contributed by atoms with E-state index in [1.54, 1.807) is 17.5 Å². The summed E-state index contributed by atoms with van der Waals surface area (Å²) >= 11 is 7.52. The van der Waals surface area contributed by atoms with Crippen LogP contribution in [0.15, 0.2) is 29.8 Å². The van der Waals surface area contributed by atoms with Crippen molar-refractivity contribution in [1.82, 2.24) is 4.98 Å². The maximum Gasteiger partial charge on any atom is 0.137 e. The Morgan fingerprint density at radius 3 is 3.00 bits per heavy atom. The molecule has 0 aromatic carbocycles. The molecular formula is C10H8ClNOS. The molecule has 1 N–H and O–H groups in total. The molecule has 0 amide bonds. The van der Waals surface area contributed by atoms with Crippen molar-refractivity contribution >= 4 is 22.9 Å². The van der Waals surface area contributed by atoms with Crippen LogP contribution in [-0.4, -0.2) is 10.1 Å². The number of hydrogen-bond donors (Lipinski definition) is 1. The van der Waals surface area contributed by atoms with Crippen LogP contribution < -0.4 is 0 Å². The van der Waals surface area contributed by atoms with E-state index < -0.39 is 0 Å². The molecule has 2 nitrogen and oxygen atoms in total. The van der Waals surface area contributed by atoms with Gasteiger partial charge in [-0.1, -0.05) is 11.6 Å². The molecule has 0 saturated carbocycles. The van der Waals surface area contributed by atoms with Gasteiger partial charge in [0.1, 0.15) is 5.15 Å². The van der Waals surface area contributed by atoms with Crippen LogP contribution >= 0.6 is 22.9 Å². The molecule has 0 saturated heterocycles. The summed E-state index contributed by atoms with van der Waals surface area (Å²) in [6.45, 7) is 0.0318. The van der Waals surface area contributed by atoms with Crippen molar-refractivity contribution < 1.29 is 5.11 Å². The quantitative estimate of drug-likeness (QED) is 0.798. The molecule has 0 aliphatic rings. The van der Waals surface area contributed by atoms with Gasteiger partial charge in [0.15, 0.2) is 0 Å². The Morgan fingerprint density at radius 1 is 1.43 bits per heavy atom. The van der Waals surface area contributed by atoms with Gasteiger partial charge in [-0.2, -0.15) is 0 Å². The molecular weight excluding hydrogens is 218 g/mol. The third-order valence-corrected chi connectivity index (χ3v) is 3.21.